The number of halogens is 5. The van der Waals surface area contributed by atoms with Gasteiger partial charge in [-0.2, -0.15) is 33.1 Å². The zero-order valence-electron chi connectivity index (χ0n) is 17.1. The van der Waals surface area contributed by atoms with E-state index in [1.165, 1.54) is 41.4 Å². The molecule has 0 saturated heterocycles. The van der Waals surface area contributed by atoms with Gasteiger partial charge in [-0.3, -0.25) is 0 Å². The van der Waals surface area contributed by atoms with Crippen molar-refractivity contribution in [1.82, 2.24) is 30.1 Å². The van der Waals surface area contributed by atoms with Gasteiger partial charge in [0.05, 0.1) is 10.6 Å². The predicted octanol–water partition coefficient (Wildman–Crippen LogP) is 4.07. The molecule has 4 rings (SSSR count). The Morgan fingerprint density at radius 1 is 1.09 bits per heavy atom. The molecule has 0 aliphatic heterocycles. The average molecular weight is 497 g/mol. The molecule has 0 aliphatic carbocycles. The first-order valence-corrected chi connectivity index (χ1v) is 9.67. The van der Waals surface area contributed by atoms with Crippen molar-refractivity contribution in [3.8, 4) is 29.0 Å². The quantitative estimate of drug-likeness (QED) is 0.390. The third-order valence-electron chi connectivity index (χ3n) is 4.22. The van der Waals surface area contributed by atoms with Crippen LogP contribution in [0.4, 0.5) is 35.1 Å². The lowest BCUT2D eigenvalue weighted by atomic mass is 10.3. The van der Waals surface area contributed by atoms with Crippen LogP contribution in [0.5, 0.6) is 5.88 Å². The van der Waals surface area contributed by atoms with E-state index in [0.717, 1.165) is 0 Å². The molecule has 0 radical (unpaired) electrons. The molecule has 176 valence electrons. The molecule has 0 amide bonds. The Hall–Kier alpha value is -4.07. The number of pyridine rings is 1. The Bertz CT molecular complexity index is 1320. The molecule has 0 spiro atoms. The highest BCUT2D eigenvalue weighted by atomic mass is 35.5. The predicted molar refractivity (Wildman–Crippen MR) is 112 cm³/mol. The first-order valence-electron chi connectivity index (χ1n) is 9.29. The van der Waals surface area contributed by atoms with Gasteiger partial charge in [0.1, 0.15) is 5.82 Å². The summed E-state index contributed by atoms with van der Waals surface area (Å²) in [6.45, 7) is -1.47. The fourth-order valence-electron chi connectivity index (χ4n) is 2.62. The normalized spacial score (nSPS) is 11.5. The molecule has 34 heavy (non-hydrogen) atoms. The van der Waals surface area contributed by atoms with Crippen molar-refractivity contribution in [3.05, 3.63) is 47.4 Å². The minimum absolute atomic E-state index is 0.00377. The number of hydrogen-bond acceptors (Lipinski definition) is 10. The fraction of sp³-hybridized carbons (Fsp3) is 0.158. The van der Waals surface area contributed by atoms with Crippen molar-refractivity contribution in [2.75, 3.05) is 24.3 Å². The smallest absolute Gasteiger partial charge is 0.422 e. The lowest BCUT2D eigenvalue weighted by Crippen LogP contribution is -2.19. The first-order chi connectivity index (χ1) is 16.1. The molecular weight excluding hydrogens is 484 g/mol. The molecule has 0 bridgehead atoms. The number of nitrogen functional groups attached to an aromatic ring is 1. The van der Waals surface area contributed by atoms with Gasteiger partial charge in [0.2, 0.25) is 29.4 Å². The topological polar surface area (TPSA) is 129 Å². The number of benzene rings is 1. The van der Waals surface area contributed by atoms with E-state index in [-0.39, 0.29) is 40.3 Å². The summed E-state index contributed by atoms with van der Waals surface area (Å²) in [6, 6.07) is 6.68. The molecule has 10 nitrogen and oxygen atoms in total. The lowest BCUT2D eigenvalue weighted by Gasteiger charge is -2.17. The van der Waals surface area contributed by atoms with Crippen LogP contribution in [0.25, 0.3) is 23.1 Å². The van der Waals surface area contributed by atoms with Crippen LogP contribution in [0, 0.1) is 5.82 Å². The van der Waals surface area contributed by atoms with Crippen molar-refractivity contribution in [2.45, 2.75) is 6.18 Å². The van der Waals surface area contributed by atoms with Crippen LogP contribution >= 0.6 is 11.6 Å². The molecule has 15 heteroatoms. The maximum atomic E-state index is 13.5. The average Bonchev–Trinajstić information content (AvgIpc) is 3.29. The highest BCUT2D eigenvalue weighted by Crippen LogP contribution is 2.27. The summed E-state index contributed by atoms with van der Waals surface area (Å²) in [5.74, 6) is -0.889. The molecule has 3 heterocycles. The molecule has 4 aromatic rings. The molecule has 2 N–H and O–H groups in total. The van der Waals surface area contributed by atoms with Crippen LogP contribution in [-0.4, -0.2) is 49.9 Å². The second kappa shape index (κ2) is 9.05. The Morgan fingerprint density at radius 3 is 2.56 bits per heavy atom. The largest absolute Gasteiger partial charge is 0.468 e. The maximum Gasteiger partial charge on any atom is 0.422 e. The van der Waals surface area contributed by atoms with E-state index in [1.54, 1.807) is 7.05 Å². The molecule has 3 aromatic heterocycles. The minimum Gasteiger partial charge on any atom is -0.468 e. The highest BCUT2D eigenvalue weighted by molar-refractivity contribution is 6.31. The third-order valence-corrected chi connectivity index (χ3v) is 4.51. The van der Waals surface area contributed by atoms with E-state index in [9.17, 15) is 17.6 Å². The van der Waals surface area contributed by atoms with Gasteiger partial charge in [-0.25, -0.2) is 9.37 Å². The summed E-state index contributed by atoms with van der Waals surface area (Å²) in [5, 5.41) is 3.72. The van der Waals surface area contributed by atoms with Crippen molar-refractivity contribution < 1.29 is 26.8 Å². The van der Waals surface area contributed by atoms with Crippen LogP contribution in [-0.2, 0) is 0 Å². The molecule has 0 saturated carbocycles. The minimum atomic E-state index is -4.48. The zero-order chi connectivity index (χ0) is 24.5. The lowest BCUT2D eigenvalue weighted by molar-refractivity contribution is -0.154. The fourth-order valence-corrected chi connectivity index (χ4v) is 2.79. The van der Waals surface area contributed by atoms with Gasteiger partial charge < -0.3 is 19.9 Å². The van der Waals surface area contributed by atoms with Gasteiger partial charge in [0.25, 0.3) is 5.89 Å². The number of hydrogen-bond donors (Lipinski definition) is 1. The second-order valence-corrected chi connectivity index (χ2v) is 7.09. The highest BCUT2D eigenvalue weighted by Gasteiger charge is 2.28. The van der Waals surface area contributed by atoms with Gasteiger partial charge in [-0.15, -0.1) is 0 Å². The summed E-state index contributed by atoms with van der Waals surface area (Å²) in [5.41, 5.74) is 6.60. The molecular formula is C19H13ClF4N8O2. The van der Waals surface area contributed by atoms with E-state index < -0.39 is 18.6 Å². The van der Waals surface area contributed by atoms with Crippen LogP contribution in [0.2, 0.25) is 5.02 Å². The van der Waals surface area contributed by atoms with Crippen molar-refractivity contribution in [3.63, 3.8) is 0 Å². The second-order valence-electron chi connectivity index (χ2n) is 6.69. The summed E-state index contributed by atoms with van der Waals surface area (Å²) in [7, 11) is 1.61. The van der Waals surface area contributed by atoms with Crippen molar-refractivity contribution in [2.24, 2.45) is 0 Å². The number of nitrogens with two attached hydrogens (primary N) is 1. The first kappa shape index (κ1) is 23.1. The van der Waals surface area contributed by atoms with Gasteiger partial charge in [0.15, 0.2) is 6.61 Å². The summed E-state index contributed by atoms with van der Waals surface area (Å²) >= 11 is 5.84. The summed E-state index contributed by atoms with van der Waals surface area (Å²) in [6.07, 6.45) is -3.27. The molecule has 1 aromatic carbocycles. The van der Waals surface area contributed by atoms with E-state index in [0.29, 0.717) is 11.3 Å². The Morgan fingerprint density at radius 2 is 1.88 bits per heavy atom. The van der Waals surface area contributed by atoms with E-state index in [1.807, 2.05) is 0 Å². The standard InChI is InChI=1S/C19H13ClF4N8O2/c1-32(10-3-4-12(21)11(20)6-10)18-29-14(28-17(25)30-18)15-27-16(34-31-15)9-2-5-13(26-7-9)33-8-19(22,23)24/h2-7H,8H2,1H3,(H2,25,28,29,30). The number of rotatable bonds is 6. The number of anilines is 3. The van der Waals surface area contributed by atoms with Crippen molar-refractivity contribution >= 4 is 29.2 Å². The van der Waals surface area contributed by atoms with Crippen molar-refractivity contribution in [1.29, 1.82) is 0 Å². The third kappa shape index (κ3) is 5.28. The number of nitrogens with zero attached hydrogens (tertiary/aromatic N) is 7. The van der Waals surface area contributed by atoms with Gasteiger partial charge in [-0.05, 0) is 24.3 Å². The van der Waals surface area contributed by atoms with Gasteiger partial charge in [-0.1, -0.05) is 16.8 Å². The Balaban J connectivity index is 1.56. The van der Waals surface area contributed by atoms with Crippen LogP contribution in [0.15, 0.2) is 41.1 Å². The van der Waals surface area contributed by atoms with Crippen LogP contribution in [0.1, 0.15) is 0 Å². The van der Waals surface area contributed by atoms with Gasteiger partial charge >= 0.3 is 6.18 Å². The van der Waals surface area contributed by atoms with E-state index in [4.69, 9.17) is 21.9 Å². The Labute approximate surface area is 193 Å². The molecule has 0 fully saturated rings. The molecule has 0 atom stereocenters. The van der Waals surface area contributed by atoms with E-state index in [2.05, 4.69) is 34.8 Å². The maximum absolute atomic E-state index is 13.5. The van der Waals surface area contributed by atoms with Crippen LogP contribution in [0.3, 0.4) is 0 Å². The number of ether oxygens (including phenoxy) is 1. The van der Waals surface area contributed by atoms with Gasteiger partial charge in [0, 0.05) is 25.0 Å². The zero-order valence-corrected chi connectivity index (χ0v) is 17.8. The Kier molecular flexibility index (Phi) is 6.15. The molecule has 0 aliphatic rings. The molecule has 0 unspecified atom stereocenters. The van der Waals surface area contributed by atoms with E-state index >= 15 is 0 Å². The monoisotopic (exact) mass is 496 g/mol. The summed E-state index contributed by atoms with van der Waals surface area (Å²) in [4.78, 5) is 21.8. The number of alkyl halides is 3. The number of aromatic nitrogens is 6. The van der Waals surface area contributed by atoms with Crippen LogP contribution < -0.4 is 15.4 Å². The summed E-state index contributed by atoms with van der Waals surface area (Å²) < 4.78 is 60.0. The SMILES string of the molecule is CN(c1ccc(F)c(Cl)c1)c1nc(N)nc(-c2noc(-c3ccc(OCC(F)(F)F)nc3)n2)n1.